The van der Waals surface area contributed by atoms with E-state index in [-0.39, 0.29) is 26.5 Å². The number of amides is 1. The second-order valence-electron chi connectivity index (χ2n) is 6.61. The fourth-order valence-corrected chi connectivity index (χ4v) is 5.86. The first-order valence-corrected chi connectivity index (χ1v) is 11.5. The standard InChI is InChI=1S/C21H20N2O5S2/c24-11-12-28-15-23-18-13-19(17-9-5-2-6-10-17)29-20(18)21(25)22(30(23,26)27)14-16-7-3-1-4-8-16/h1-10,13,24H,11-12,14-15H2. The number of aliphatic hydroxyl groups is 1. The molecule has 0 unspecified atom stereocenters. The molecule has 30 heavy (non-hydrogen) atoms. The van der Waals surface area contributed by atoms with Gasteiger partial charge in [-0.15, -0.1) is 11.3 Å². The molecule has 0 atom stereocenters. The second-order valence-corrected chi connectivity index (χ2v) is 9.44. The molecule has 7 nitrogen and oxygen atoms in total. The predicted molar refractivity (Wildman–Crippen MR) is 115 cm³/mol. The Morgan fingerprint density at radius 1 is 0.967 bits per heavy atom. The fraction of sp³-hybridized carbons (Fsp3) is 0.190. The van der Waals surface area contributed by atoms with Gasteiger partial charge < -0.3 is 9.84 Å². The van der Waals surface area contributed by atoms with Gasteiger partial charge in [0.1, 0.15) is 11.6 Å². The first-order valence-electron chi connectivity index (χ1n) is 9.29. The molecule has 0 saturated carbocycles. The van der Waals surface area contributed by atoms with Crippen molar-refractivity contribution in [2.75, 3.05) is 24.2 Å². The number of nitrogens with zero attached hydrogens (tertiary/aromatic N) is 2. The highest BCUT2D eigenvalue weighted by molar-refractivity contribution is 7.91. The molecule has 0 bridgehead atoms. The smallest absolute Gasteiger partial charge is 0.331 e. The minimum Gasteiger partial charge on any atom is -0.394 e. The summed E-state index contributed by atoms with van der Waals surface area (Å²) in [6.45, 7) is -0.605. The minimum atomic E-state index is -4.16. The van der Waals surface area contributed by atoms with Crippen LogP contribution in [0, 0.1) is 0 Å². The average Bonchev–Trinajstić information content (AvgIpc) is 3.20. The van der Waals surface area contributed by atoms with Crippen molar-refractivity contribution in [1.82, 2.24) is 4.31 Å². The van der Waals surface area contributed by atoms with Crippen LogP contribution in [0.25, 0.3) is 10.4 Å². The molecule has 2 aromatic carbocycles. The molecule has 1 aliphatic heterocycles. The summed E-state index contributed by atoms with van der Waals surface area (Å²) < 4.78 is 33.9. The topological polar surface area (TPSA) is 87.1 Å². The maximum absolute atomic E-state index is 13.3. The van der Waals surface area contributed by atoms with Gasteiger partial charge in [0.2, 0.25) is 0 Å². The summed E-state index contributed by atoms with van der Waals surface area (Å²) in [6.07, 6.45) is 0. The van der Waals surface area contributed by atoms with Crippen molar-refractivity contribution >= 4 is 33.1 Å². The second kappa shape index (κ2) is 8.57. The van der Waals surface area contributed by atoms with Gasteiger partial charge in [-0.3, -0.25) is 4.79 Å². The van der Waals surface area contributed by atoms with E-state index in [9.17, 15) is 13.2 Å². The number of anilines is 1. The summed E-state index contributed by atoms with van der Waals surface area (Å²) >= 11 is 1.25. The largest absolute Gasteiger partial charge is 0.394 e. The highest BCUT2D eigenvalue weighted by Gasteiger charge is 2.43. The number of fused-ring (bicyclic) bond motifs is 1. The molecule has 156 valence electrons. The van der Waals surface area contributed by atoms with Crippen molar-refractivity contribution in [3.8, 4) is 10.4 Å². The Balaban J connectivity index is 1.78. The molecule has 0 saturated heterocycles. The van der Waals surface area contributed by atoms with E-state index < -0.39 is 16.1 Å². The lowest BCUT2D eigenvalue weighted by Crippen LogP contribution is -2.51. The maximum atomic E-state index is 13.3. The third-order valence-corrected chi connectivity index (χ3v) is 7.50. The highest BCUT2D eigenvalue weighted by atomic mass is 32.2. The number of ether oxygens (including phenoxy) is 1. The van der Waals surface area contributed by atoms with E-state index in [1.54, 1.807) is 30.3 Å². The summed E-state index contributed by atoms with van der Waals surface area (Å²) in [5.41, 5.74) is 1.90. The molecule has 1 amide bonds. The van der Waals surface area contributed by atoms with Gasteiger partial charge in [-0.25, -0.2) is 8.61 Å². The Morgan fingerprint density at radius 3 is 2.30 bits per heavy atom. The van der Waals surface area contributed by atoms with Crippen molar-refractivity contribution in [2.45, 2.75) is 6.54 Å². The third kappa shape index (κ3) is 3.84. The Bertz CT molecular complexity index is 1130. The van der Waals surface area contributed by atoms with E-state index in [2.05, 4.69) is 0 Å². The van der Waals surface area contributed by atoms with Crippen molar-refractivity contribution in [2.24, 2.45) is 0 Å². The zero-order valence-corrected chi connectivity index (χ0v) is 17.6. The number of carbonyl (C=O) groups is 1. The Labute approximate surface area is 178 Å². The van der Waals surface area contributed by atoms with Crippen LogP contribution in [-0.2, 0) is 21.5 Å². The van der Waals surface area contributed by atoms with Crippen LogP contribution in [0.1, 0.15) is 15.2 Å². The summed E-state index contributed by atoms with van der Waals surface area (Å²) in [6, 6.07) is 20.1. The highest BCUT2D eigenvalue weighted by Crippen LogP contribution is 2.42. The number of rotatable bonds is 7. The molecular weight excluding hydrogens is 424 g/mol. The van der Waals surface area contributed by atoms with Crippen molar-refractivity contribution in [1.29, 1.82) is 0 Å². The van der Waals surface area contributed by atoms with Crippen LogP contribution in [0.5, 0.6) is 0 Å². The Hall–Kier alpha value is -2.72. The van der Waals surface area contributed by atoms with Crippen LogP contribution in [0.15, 0.2) is 66.7 Å². The lowest BCUT2D eigenvalue weighted by atomic mass is 10.2. The fourth-order valence-electron chi connectivity index (χ4n) is 3.18. The summed E-state index contributed by atoms with van der Waals surface area (Å²) in [5.74, 6) is -0.556. The normalized spacial score (nSPS) is 15.3. The van der Waals surface area contributed by atoms with E-state index in [4.69, 9.17) is 9.84 Å². The van der Waals surface area contributed by atoms with Crippen LogP contribution >= 0.6 is 11.3 Å². The van der Waals surface area contributed by atoms with Crippen molar-refractivity contribution < 1.29 is 23.1 Å². The van der Waals surface area contributed by atoms with E-state index in [1.807, 2.05) is 36.4 Å². The Kier molecular flexibility index (Phi) is 5.87. The van der Waals surface area contributed by atoms with Crippen LogP contribution in [0.2, 0.25) is 0 Å². The molecule has 0 spiro atoms. The van der Waals surface area contributed by atoms with Crippen molar-refractivity contribution in [3.63, 3.8) is 0 Å². The number of thiophene rings is 1. The number of benzene rings is 2. The number of hydrogen-bond acceptors (Lipinski definition) is 6. The predicted octanol–water partition coefficient (Wildman–Crippen LogP) is 3.09. The Morgan fingerprint density at radius 2 is 1.63 bits per heavy atom. The molecule has 0 radical (unpaired) electrons. The van der Waals surface area contributed by atoms with E-state index >= 15 is 0 Å². The molecular formula is C21H20N2O5S2. The molecule has 1 aliphatic rings. The summed E-state index contributed by atoms with van der Waals surface area (Å²) in [4.78, 5) is 14.3. The molecule has 0 aliphatic carbocycles. The van der Waals surface area contributed by atoms with E-state index in [1.165, 1.54) is 11.3 Å². The first kappa shape index (κ1) is 20.5. The number of carbonyl (C=O) groups excluding carboxylic acids is 1. The van der Waals surface area contributed by atoms with Gasteiger partial charge >= 0.3 is 10.2 Å². The van der Waals surface area contributed by atoms with Crippen LogP contribution in [-0.4, -0.2) is 43.7 Å². The van der Waals surface area contributed by atoms with Crippen LogP contribution in [0.4, 0.5) is 5.69 Å². The van der Waals surface area contributed by atoms with E-state index in [0.717, 1.165) is 19.1 Å². The minimum absolute atomic E-state index is 0.0103. The van der Waals surface area contributed by atoms with Crippen LogP contribution in [0.3, 0.4) is 0 Å². The lowest BCUT2D eigenvalue weighted by Gasteiger charge is -2.35. The molecule has 2 heterocycles. The zero-order valence-electron chi connectivity index (χ0n) is 16.0. The average molecular weight is 445 g/mol. The number of aliphatic hydroxyl groups excluding tert-OH is 1. The molecule has 3 aromatic rings. The van der Waals surface area contributed by atoms with Gasteiger partial charge in [0, 0.05) is 4.88 Å². The number of hydrogen-bond donors (Lipinski definition) is 1. The third-order valence-electron chi connectivity index (χ3n) is 4.63. The molecule has 9 heteroatoms. The molecule has 4 rings (SSSR count). The van der Waals surface area contributed by atoms with Gasteiger partial charge in [-0.1, -0.05) is 60.7 Å². The molecule has 1 aromatic heterocycles. The van der Waals surface area contributed by atoms with Gasteiger partial charge in [-0.2, -0.15) is 8.42 Å². The van der Waals surface area contributed by atoms with Gasteiger partial charge in [0.05, 0.1) is 25.4 Å². The molecule has 1 N–H and O–H groups in total. The first-order chi connectivity index (χ1) is 14.5. The summed E-state index contributed by atoms with van der Waals surface area (Å²) in [7, 11) is -4.16. The van der Waals surface area contributed by atoms with Gasteiger partial charge in [0.15, 0.2) is 0 Å². The monoisotopic (exact) mass is 444 g/mol. The van der Waals surface area contributed by atoms with Crippen molar-refractivity contribution in [3.05, 3.63) is 77.2 Å². The SMILES string of the molecule is O=C1c2sc(-c3ccccc3)cc2N(COCCO)S(=O)(=O)N1Cc1ccccc1. The summed E-state index contributed by atoms with van der Waals surface area (Å²) in [5, 5.41) is 9.01. The van der Waals surface area contributed by atoms with E-state index in [0.29, 0.717) is 16.1 Å². The quantitative estimate of drug-likeness (QED) is 0.566. The van der Waals surface area contributed by atoms with Crippen LogP contribution < -0.4 is 4.31 Å². The maximum Gasteiger partial charge on any atom is 0.331 e. The molecule has 0 fully saturated rings. The zero-order chi connectivity index (χ0) is 21.1. The lowest BCUT2D eigenvalue weighted by molar-refractivity contribution is 0.0834. The van der Waals surface area contributed by atoms with Gasteiger partial charge in [0.25, 0.3) is 5.91 Å². The van der Waals surface area contributed by atoms with Gasteiger partial charge in [-0.05, 0) is 17.2 Å².